The van der Waals surface area contributed by atoms with Crippen molar-refractivity contribution < 1.29 is 23.4 Å². The van der Waals surface area contributed by atoms with Gasteiger partial charge in [-0.05, 0) is 32.4 Å². The maximum Gasteiger partial charge on any atom is 0.408 e. The number of carbonyl (C=O) groups excluding carboxylic acids is 1. The highest BCUT2D eigenvalue weighted by Crippen LogP contribution is 2.42. The van der Waals surface area contributed by atoms with E-state index in [1.165, 1.54) is 12.1 Å². The summed E-state index contributed by atoms with van der Waals surface area (Å²) >= 11 is 0. The fourth-order valence-corrected chi connectivity index (χ4v) is 5.08. The van der Waals surface area contributed by atoms with Crippen LogP contribution in [0.15, 0.2) is 48.5 Å². The lowest BCUT2D eigenvalue weighted by Crippen LogP contribution is -2.55. The molecule has 1 unspecified atom stereocenters. The number of rotatable bonds is 6. The molecule has 3 aromatic rings. The van der Waals surface area contributed by atoms with Crippen molar-refractivity contribution in [2.75, 3.05) is 18.0 Å². The van der Waals surface area contributed by atoms with Gasteiger partial charge < -0.3 is 20.1 Å². The summed E-state index contributed by atoms with van der Waals surface area (Å²) in [5.74, 6) is -0.813. The summed E-state index contributed by atoms with van der Waals surface area (Å²) in [6, 6.07) is 13.0. The number of carbonyl (C=O) groups is 1. The maximum absolute atomic E-state index is 14.6. The molecule has 4 rings (SSSR count). The zero-order chi connectivity index (χ0) is 27.7. The number of alkyl carbamates (subject to hydrolysis) is 1. The first-order valence-electron chi connectivity index (χ1n) is 12.7. The second-order valence-corrected chi connectivity index (χ2v) is 11.0. The van der Waals surface area contributed by atoms with Gasteiger partial charge >= 0.3 is 6.09 Å². The van der Waals surface area contributed by atoms with Gasteiger partial charge in [-0.25, -0.2) is 13.6 Å². The van der Waals surface area contributed by atoms with Crippen LogP contribution in [0.4, 0.5) is 19.5 Å². The van der Waals surface area contributed by atoms with Crippen molar-refractivity contribution in [2.45, 2.75) is 58.9 Å². The van der Waals surface area contributed by atoms with Crippen LogP contribution in [0.3, 0.4) is 0 Å². The van der Waals surface area contributed by atoms with Crippen molar-refractivity contribution >= 4 is 12.0 Å². The second-order valence-electron chi connectivity index (χ2n) is 11.0. The lowest BCUT2D eigenvalue weighted by molar-refractivity contribution is -0.0741. The number of aliphatic hydroxyl groups is 1. The minimum Gasteiger partial charge on any atom is -0.444 e. The van der Waals surface area contributed by atoms with Crippen LogP contribution in [0.25, 0.3) is 0 Å². The van der Waals surface area contributed by atoms with Gasteiger partial charge in [0, 0.05) is 36.6 Å². The Bertz CT molecular complexity index is 1260. The van der Waals surface area contributed by atoms with Crippen LogP contribution in [-0.4, -0.2) is 44.7 Å². The molecule has 0 spiro atoms. The molecule has 1 amide bonds. The number of anilines is 1. The third-order valence-electron chi connectivity index (χ3n) is 6.95. The molecule has 1 aliphatic heterocycles. The first kappa shape index (κ1) is 27.5. The van der Waals surface area contributed by atoms with Crippen LogP contribution in [0.2, 0.25) is 0 Å². The van der Waals surface area contributed by atoms with Crippen molar-refractivity contribution in [2.24, 2.45) is 11.8 Å². The molecule has 1 aliphatic rings. The van der Waals surface area contributed by atoms with Gasteiger partial charge in [-0.15, -0.1) is 10.2 Å². The van der Waals surface area contributed by atoms with E-state index in [2.05, 4.69) is 15.5 Å². The predicted molar refractivity (Wildman–Crippen MR) is 139 cm³/mol. The number of hydrogen-bond donors (Lipinski definition) is 2. The summed E-state index contributed by atoms with van der Waals surface area (Å²) in [4.78, 5) is 14.3. The Kier molecular flexibility index (Phi) is 7.73. The van der Waals surface area contributed by atoms with E-state index in [4.69, 9.17) is 4.74 Å². The van der Waals surface area contributed by atoms with E-state index in [-0.39, 0.29) is 30.5 Å². The molecule has 1 saturated heterocycles. The van der Waals surface area contributed by atoms with Gasteiger partial charge in [-0.2, -0.15) is 0 Å². The van der Waals surface area contributed by atoms with Gasteiger partial charge in [0.05, 0.1) is 18.7 Å². The number of halogens is 2. The maximum atomic E-state index is 14.6. The van der Waals surface area contributed by atoms with Gasteiger partial charge in [0.1, 0.15) is 17.2 Å². The molecular weight excluding hydrogens is 492 g/mol. The summed E-state index contributed by atoms with van der Waals surface area (Å²) < 4.78 is 35.2. The number of aromatic nitrogens is 3. The minimum absolute atomic E-state index is 0.00235. The summed E-state index contributed by atoms with van der Waals surface area (Å²) in [6.07, 6.45) is -0.616. The number of benzene rings is 2. The van der Waals surface area contributed by atoms with Crippen LogP contribution in [0.1, 0.15) is 51.6 Å². The number of nitrogens with one attached hydrogen (secondary N) is 1. The molecule has 2 aromatic carbocycles. The summed E-state index contributed by atoms with van der Waals surface area (Å²) in [6.45, 7) is 10.2. The topological polar surface area (TPSA) is 92.5 Å². The average Bonchev–Trinajstić information content (AvgIpc) is 3.24. The Morgan fingerprint density at radius 2 is 1.76 bits per heavy atom. The SMILES string of the molecule is C[C@@H]1CN(c2nnc(CNC(=O)OC(C)(C)C)n2Cc2ccc(F)cc2F)C[C@H](C)C1(O)c1ccccc1. The number of piperidine rings is 1. The molecule has 3 atom stereocenters. The Morgan fingerprint density at radius 1 is 1.11 bits per heavy atom. The fourth-order valence-electron chi connectivity index (χ4n) is 5.08. The molecule has 2 N–H and O–H groups in total. The molecule has 1 aromatic heterocycles. The molecule has 1 fully saturated rings. The van der Waals surface area contributed by atoms with E-state index < -0.39 is 28.9 Å². The molecule has 2 heterocycles. The zero-order valence-corrected chi connectivity index (χ0v) is 22.4. The average molecular weight is 528 g/mol. The number of ether oxygens (including phenoxy) is 1. The Balaban J connectivity index is 1.63. The first-order chi connectivity index (χ1) is 17.9. The van der Waals surface area contributed by atoms with Gasteiger partial charge in [-0.3, -0.25) is 4.57 Å². The van der Waals surface area contributed by atoms with Gasteiger partial charge in [0.15, 0.2) is 5.82 Å². The Labute approximate surface area is 221 Å². The summed E-state index contributed by atoms with van der Waals surface area (Å²) in [5, 5.41) is 23.1. The third-order valence-corrected chi connectivity index (χ3v) is 6.95. The molecule has 0 bridgehead atoms. The monoisotopic (exact) mass is 527 g/mol. The number of nitrogens with zero attached hydrogens (tertiary/aromatic N) is 4. The largest absolute Gasteiger partial charge is 0.444 e. The first-order valence-corrected chi connectivity index (χ1v) is 12.7. The van der Waals surface area contributed by atoms with Crippen LogP contribution < -0.4 is 10.2 Å². The quantitative estimate of drug-likeness (QED) is 0.487. The third kappa shape index (κ3) is 5.80. The Hall–Kier alpha value is -3.53. The van der Waals surface area contributed by atoms with Crippen molar-refractivity contribution in [1.29, 1.82) is 0 Å². The molecule has 0 aliphatic carbocycles. The predicted octanol–water partition coefficient (Wildman–Crippen LogP) is 4.61. The molecular formula is C28H35F2N5O3. The summed E-state index contributed by atoms with van der Waals surface area (Å²) in [5.41, 5.74) is -0.593. The molecule has 10 heteroatoms. The highest BCUT2D eigenvalue weighted by molar-refractivity contribution is 5.67. The van der Waals surface area contributed by atoms with Crippen LogP contribution in [-0.2, 0) is 23.4 Å². The highest BCUT2D eigenvalue weighted by Gasteiger charge is 2.46. The number of hydrogen-bond acceptors (Lipinski definition) is 6. The molecule has 38 heavy (non-hydrogen) atoms. The van der Waals surface area contributed by atoms with Crippen molar-refractivity contribution in [3.8, 4) is 0 Å². The molecule has 0 saturated carbocycles. The lowest BCUT2D eigenvalue weighted by Gasteiger charge is -2.48. The second kappa shape index (κ2) is 10.7. The smallest absolute Gasteiger partial charge is 0.408 e. The van der Waals surface area contributed by atoms with Crippen molar-refractivity contribution in [1.82, 2.24) is 20.1 Å². The standard InChI is InChI=1S/C28H35F2N5O3/c1-18-15-34(16-19(2)28(18,37)21-9-7-6-8-10-21)25-33-32-24(14-31-26(36)38-27(3,4)5)35(25)17-20-11-12-22(29)13-23(20)30/h6-13,18-19,37H,14-17H2,1-5H3,(H,31,36)/t18-,19+,28?. The van der Waals surface area contributed by atoms with Crippen LogP contribution in [0.5, 0.6) is 0 Å². The van der Waals surface area contributed by atoms with Crippen molar-refractivity contribution in [3.63, 3.8) is 0 Å². The fraction of sp³-hybridized carbons (Fsp3) is 0.464. The zero-order valence-electron chi connectivity index (χ0n) is 22.4. The normalized spacial score (nSPS) is 21.8. The highest BCUT2D eigenvalue weighted by atomic mass is 19.1. The molecule has 204 valence electrons. The minimum atomic E-state index is -1.03. The van der Waals surface area contributed by atoms with E-state index in [9.17, 15) is 18.7 Å². The van der Waals surface area contributed by atoms with E-state index in [0.29, 0.717) is 24.9 Å². The Morgan fingerprint density at radius 3 is 2.37 bits per heavy atom. The molecule has 8 nitrogen and oxygen atoms in total. The van der Waals surface area contributed by atoms with E-state index >= 15 is 0 Å². The van der Waals surface area contributed by atoms with Crippen LogP contribution >= 0.6 is 0 Å². The summed E-state index contributed by atoms with van der Waals surface area (Å²) in [7, 11) is 0. The van der Waals surface area contributed by atoms with E-state index in [1.807, 2.05) is 49.1 Å². The van der Waals surface area contributed by atoms with Gasteiger partial charge in [0.2, 0.25) is 5.95 Å². The van der Waals surface area contributed by atoms with Crippen molar-refractivity contribution in [3.05, 3.63) is 77.1 Å². The number of amides is 1. The van der Waals surface area contributed by atoms with E-state index in [0.717, 1.165) is 11.6 Å². The van der Waals surface area contributed by atoms with Gasteiger partial charge in [-0.1, -0.05) is 50.2 Å². The molecule has 0 radical (unpaired) electrons. The van der Waals surface area contributed by atoms with Gasteiger partial charge in [0.25, 0.3) is 0 Å². The van der Waals surface area contributed by atoms with Crippen LogP contribution in [0, 0.1) is 23.5 Å². The van der Waals surface area contributed by atoms with E-state index in [1.54, 1.807) is 25.3 Å². The lowest BCUT2D eigenvalue weighted by atomic mass is 9.71.